The van der Waals surface area contributed by atoms with Crippen LogP contribution in [0.4, 0.5) is 18.9 Å². The standard InChI is InChI=1S/C22H23F3N4O4S/c1-31-19-11-15(5-6-18(19)33-14-20(30)29-7-9-32-10-8-29)13-26-28-21(34)27-17-4-2-3-16(12-17)22(23,24)25/h2-6,11-13H,7-10,14H2,1H3,(H2,27,28,34)/b26-13+. The first-order valence-corrected chi connectivity index (χ1v) is 10.6. The maximum absolute atomic E-state index is 12.8. The molecule has 0 saturated carbocycles. The number of carbonyl (C=O) groups excluding carboxylic acids is 1. The maximum atomic E-state index is 12.8. The Bertz CT molecular complexity index is 1040. The number of rotatable bonds is 7. The molecule has 0 radical (unpaired) electrons. The summed E-state index contributed by atoms with van der Waals surface area (Å²) in [7, 11) is 1.47. The van der Waals surface area contributed by atoms with Crippen LogP contribution in [0.15, 0.2) is 47.6 Å². The molecular formula is C22H23F3N4O4S. The highest BCUT2D eigenvalue weighted by Crippen LogP contribution is 2.30. The Labute approximate surface area is 199 Å². The number of halogens is 3. The summed E-state index contributed by atoms with van der Waals surface area (Å²) in [6.07, 6.45) is -3.00. The van der Waals surface area contributed by atoms with Crippen molar-refractivity contribution in [1.29, 1.82) is 0 Å². The number of thiocarbonyl (C=S) groups is 1. The highest BCUT2D eigenvalue weighted by molar-refractivity contribution is 7.80. The van der Waals surface area contributed by atoms with Crippen molar-refractivity contribution in [2.24, 2.45) is 5.10 Å². The number of hydrazone groups is 1. The summed E-state index contributed by atoms with van der Waals surface area (Å²) in [6, 6.07) is 9.66. The lowest BCUT2D eigenvalue weighted by atomic mass is 10.2. The highest BCUT2D eigenvalue weighted by Gasteiger charge is 2.30. The number of methoxy groups -OCH3 is 1. The molecule has 0 unspecified atom stereocenters. The number of ether oxygens (including phenoxy) is 3. The minimum absolute atomic E-state index is 0.0177. The molecule has 0 bridgehead atoms. The molecule has 1 aliphatic heterocycles. The fraction of sp³-hybridized carbons (Fsp3) is 0.318. The predicted molar refractivity (Wildman–Crippen MR) is 124 cm³/mol. The Kier molecular flexibility index (Phi) is 8.66. The van der Waals surface area contributed by atoms with Crippen LogP contribution >= 0.6 is 12.2 Å². The summed E-state index contributed by atoms with van der Waals surface area (Å²) < 4.78 is 54.6. The molecule has 0 aromatic heterocycles. The fourth-order valence-electron chi connectivity index (χ4n) is 3.03. The number of nitrogens with zero attached hydrogens (tertiary/aromatic N) is 2. The van der Waals surface area contributed by atoms with Crippen LogP contribution in [0.2, 0.25) is 0 Å². The third-order valence-electron chi connectivity index (χ3n) is 4.73. The Hall–Kier alpha value is -3.38. The van der Waals surface area contributed by atoms with Crippen molar-refractivity contribution < 1.29 is 32.2 Å². The van der Waals surface area contributed by atoms with Gasteiger partial charge in [-0.1, -0.05) is 6.07 Å². The first kappa shape index (κ1) is 25.2. The maximum Gasteiger partial charge on any atom is 0.416 e. The number of alkyl halides is 3. The third-order valence-corrected chi connectivity index (χ3v) is 4.92. The van der Waals surface area contributed by atoms with E-state index < -0.39 is 11.7 Å². The number of nitrogens with one attached hydrogen (secondary N) is 2. The van der Waals surface area contributed by atoms with E-state index in [-0.39, 0.29) is 23.3 Å². The number of hydrogen-bond donors (Lipinski definition) is 2. The van der Waals surface area contributed by atoms with Crippen molar-refractivity contribution in [2.45, 2.75) is 6.18 Å². The van der Waals surface area contributed by atoms with Crippen molar-refractivity contribution in [3.63, 3.8) is 0 Å². The largest absolute Gasteiger partial charge is 0.493 e. The predicted octanol–water partition coefficient (Wildman–Crippen LogP) is 3.27. The second-order valence-electron chi connectivity index (χ2n) is 7.09. The van der Waals surface area contributed by atoms with E-state index in [0.29, 0.717) is 43.4 Å². The Morgan fingerprint density at radius 2 is 1.97 bits per heavy atom. The van der Waals surface area contributed by atoms with Crippen molar-refractivity contribution in [3.8, 4) is 11.5 Å². The SMILES string of the molecule is COc1cc(/C=N/NC(=S)Nc2cccc(C(F)(F)F)c2)ccc1OCC(=O)N1CCOCC1. The van der Waals surface area contributed by atoms with Gasteiger partial charge in [-0.3, -0.25) is 10.2 Å². The Morgan fingerprint density at radius 3 is 2.68 bits per heavy atom. The van der Waals surface area contributed by atoms with Crippen LogP contribution in [0.1, 0.15) is 11.1 Å². The van der Waals surface area contributed by atoms with Gasteiger partial charge < -0.3 is 24.4 Å². The molecule has 0 spiro atoms. The Balaban J connectivity index is 1.53. The van der Waals surface area contributed by atoms with Gasteiger partial charge in [0.1, 0.15) is 0 Å². The van der Waals surface area contributed by atoms with E-state index in [4.69, 9.17) is 26.4 Å². The van der Waals surface area contributed by atoms with Gasteiger partial charge >= 0.3 is 6.18 Å². The molecule has 0 aliphatic carbocycles. The number of amides is 1. The van der Waals surface area contributed by atoms with E-state index in [2.05, 4.69) is 15.8 Å². The first-order chi connectivity index (χ1) is 16.3. The molecular weight excluding hydrogens is 473 g/mol. The van der Waals surface area contributed by atoms with Gasteiger partial charge in [-0.15, -0.1) is 0 Å². The summed E-state index contributed by atoms with van der Waals surface area (Å²) in [5.74, 6) is 0.668. The van der Waals surface area contributed by atoms with E-state index in [0.717, 1.165) is 12.1 Å². The van der Waals surface area contributed by atoms with E-state index in [9.17, 15) is 18.0 Å². The molecule has 1 aliphatic rings. The van der Waals surface area contributed by atoms with Crippen LogP contribution in [0.25, 0.3) is 0 Å². The molecule has 8 nitrogen and oxygen atoms in total. The van der Waals surface area contributed by atoms with E-state index >= 15 is 0 Å². The second kappa shape index (κ2) is 11.7. The monoisotopic (exact) mass is 496 g/mol. The zero-order chi connectivity index (χ0) is 24.6. The normalized spacial score (nSPS) is 14.1. The van der Waals surface area contributed by atoms with Crippen LogP contribution in [-0.2, 0) is 15.7 Å². The van der Waals surface area contributed by atoms with Crippen molar-refractivity contribution >= 4 is 35.1 Å². The molecule has 1 amide bonds. The molecule has 2 aromatic rings. The van der Waals surface area contributed by atoms with Crippen LogP contribution in [0, 0.1) is 0 Å². The van der Waals surface area contributed by atoms with Gasteiger partial charge in [0.25, 0.3) is 5.91 Å². The molecule has 2 N–H and O–H groups in total. The number of morpholine rings is 1. The summed E-state index contributed by atoms with van der Waals surface area (Å²) in [5.41, 5.74) is 2.57. The molecule has 1 heterocycles. The molecule has 3 rings (SSSR count). The zero-order valence-electron chi connectivity index (χ0n) is 18.2. The number of benzene rings is 2. The van der Waals surface area contributed by atoms with Crippen LogP contribution in [0.3, 0.4) is 0 Å². The molecule has 2 aromatic carbocycles. The van der Waals surface area contributed by atoms with E-state index in [1.54, 1.807) is 23.1 Å². The lowest BCUT2D eigenvalue weighted by Crippen LogP contribution is -2.43. The smallest absolute Gasteiger partial charge is 0.416 e. The molecule has 1 saturated heterocycles. The molecule has 34 heavy (non-hydrogen) atoms. The molecule has 1 fully saturated rings. The van der Waals surface area contributed by atoms with Gasteiger partial charge in [0.15, 0.2) is 23.2 Å². The quantitative estimate of drug-likeness (QED) is 0.346. The van der Waals surface area contributed by atoms with Gasteiger partial charge in [0.05, 0.1) is 32.1 Å². The average molecular weight is 497 g/mol. The topological polar surface area (TPSA) is 84.4 Å². The number of carbonyl (C=O) groups is 1. The van der Waals surface area contributed by atoms with Crippen molar-refractivity contribution in [1.82, 2.24) is 10.3 Å². The summed E-state index contributed by atoms with van der Waals surface area (Å²) >= 11 is 5.06. The lowest BCUT2D eigenvalue weighted by Gasteiger charge is -2.26. The Morgan fingerprint density at radius 1 is 1.21 bits per heavy atom. The minimum atomic E-state index is -4.45. The van der Waals surface area contributed by atoms with Gasteiger partial charge in [-0.05, 0) is 54.2 Å². The van der Waals surface area contributed by atoms with Crippen LogP contribution in [-0.4, -0.2) is 62.2 Å². The van der Waals surface area contributed by atoms with E-state index in [1.165, 1.54) is 25.5 Å². The van der Waals surface area contributed by atoms with Crippen molar-refractivity contribution in [2.75, 3.05) is 45.3 Å². The molecule has 0 atom stereocenters. The third kappa shape index (κ3) is 7.32. The molecule has 12 heteroatoms. The summed E-state index contributed by atoms with van der Waals surface area (Å²) in [6.45, 7) is 1.96. The summed E-state index contributed by atoms with van der Waals surface area (Å²) in [4.78, 5) is 13.9. The molecule has 182 valence electrons. The first-order valence-electron chi connectivity index (χ1n) is 10.2. The van der Waals surface area contributed by atoms with E-state index in [1.807, 2.05) is 0 Å². The van der Waals surface area contributed by atoms with Gasteiger partial charge in [-0.25, -0.2) is 0 Å². The van der Waals surface area contributed by atoms with Crippen molar-refractivity contribution in [3.05, 3.63) is 53.6 Å². The summed E-state index contributed by atoms with van der Waals surface area (Å²) in [5, 5.41) is 6.64. The van der Waals surface area contributed by atoms with Gasteiger partial charge in [0.2, 0.25) is 0 Å². The van der Waals surface area contributed by atoms with Crippen LogP contribution in [0.5, 0.6) is 11.5 Å². The fourth-order valence-corrected chi connectivity index (χ4v) is 3.20. The lowest BCUT2D eigenvalue weighted by molar-refractivity contribution is -0.138. The second-order valence-corrected chi connectivity index (χ2v) is 7.50. The average Bonchev–Trinajstić information content (AvgIpc) is 2.83. The van der Waals surface area contributed by atoms with Gasteiger partial charge in [0, 0.05) is 18.8 Å². The number of hydrogen-bond acceptors (Lipinski definition) is 6. The van der Waals surface area contributed by atoms with Crippen LogP contribution < -0.4 is 20.2 Å². The van der Waals surface area contributed by atoms with Gasteiger partial charge in [-0.2, -0.15) is 18.3 Å². The zero-order valence-corrected chi connectivity index (χ0v) is 19.0. The highest BCUT2D eigenvalue weighted by atomic mass is 32.1. The minimum Gasteiger partial charge on any atom is -0.493 e. The number of anilines is 1.